The van der Waals surface area contributed by atoms with Gasteiger partial charge in [0.2, 0.25) is 5.91 Å². The number of anilines is 1. The van der Waals surface area contributed by atoms with Crippen molar-refractivity contribution in [2.75, 3.05) is 25.0 Å². The predicted octanol–water partition coefficient (Wildman–Crippen LogP) is 2.83. The second-order valence-electron chi connectivity index (χ2n) is 5.59. The molecule has 0 aromatic heterocycles. The highest BCUT2D eigenvalue weighted by molar-refractivity contribution is 5.95. The Balaban J connectivity index is 2.67. The molecule has 24 heavy (non-hydrogen) atoms. The summed E-state index contributed by atoms with van der Waals surface area (Å²) in [7, 11) is 0. The Morgan fingerprint density at radius 3 is 2.50 bits per heavy atom. The molecule has 2 amide bonds. The van der Waals surface area contributed by atoms with Crippen LogP contribution < -0.4 is 10.6 Å². The van der Waals surface area contributed by atoms with Crippen molar-refractivity contribution >= 4 is 17.5 Å². The lowest BCUT2D eigenvalue weighted by molar-refractivity contribution is -0.128. The molecule has 1 aromatic rings. The lowest BCUT2D eigenvalue weighted by atomic mass is 10.1. The average Bonchev–Trinajstić information content (AvgIpc) is 2.59. The molecule has 0 bridgehead atoms. The van der Waals surface area contributed by atoms with Crippen LogP contribution in [0, 0.1) is 0 Å². The lowest BCUT2D eigenvalue weighted by Gasteiger charge is -2.20. The second kappa shape index (κ2) is 10.3. The standard InChI is InChI=1S/C19H27N3O2/c1-5-11-22(12-6-2)18(23)14-20-17-10-8-9-16(13-17)19(24)21-15(4)7-3/h5-6,8-10,13,15,20H,1-2,7,11-12,14H2,3-4H3,(H,21,24). The van der Waals surface area contributed by atoms with E-state index in [1.165, 1.54) is 0 Å². The van der Waals surface area contributed by atoms with Gasteiger partial charge in [-0.1, -0.05) is 25.1 Å². The molecule has 0 saturated carbocycles. The average molecular weight is 329 g/mol. The number of nitrogens with zero attached hydrogens (tertiary/aromatic N) is 1. The Morgan fingerprint density at radius 2 is 1.92 bits per heavy atom. The molecule has 2 N–H and O–H groups in total. The van der Waals surface area contributed by atoms with E-state index >= 15 is 0 Å². The zero-order valence-electron chi connectivity index (χ0n) is 14.5. The van der Waals surface area contributed by atoms with Gasteiger partial charge in [-0.25, -0.2) is 0 Å². The number of carbonyl (C=O) groups excluding carboxylic acids is 2. The Morgan fingerprint density at radius 1 is 1.25 bits per heavy atom. The van der Waals surface area contributed by atoms with E-state index in [4.69, 9.17) is 0 Å². The van der Waals surface area contributed by atoms with Gasteiger partial charge in [-0.15, -0.1) is 13.2 Å². The van der Waals surface area contributed by atoms with Crippen LogP contribution in [0.2, 0.25) is 0 Å². The lowest BCUT2D eigenvalue weighted by Crippen LogP contribution is -2.35. The number of nitrogens with one attached hydrogen (secondary N) is 2. The summed E-state index contributed by atoms with van der Waals surface area (Å²) in [5, 5.41) is 5.99. The summed E-state index contributed by atoms with van der Waals surface area (Å²) in [6, 6.07) is 7.26. The van der Waals surface area contributed by atoms with Gasteiger partial charge in [0, 0.05) is 30.4 Å². The van der Waals surface area contributed by atoms with Gasteiger partial charge >= 0.3 is 0 Å². The number of carbonyl (C=O) groups is 2. The highest BCUT2D eigenvalue weighted by Gasteiger charge is 2.12. The molecule has 0 aliphatic rings. The third-order valence-corrected chi connectivity index (χ3v) is 3.61. The summed E-state index contributed by atoms with van der Waals surface area (Å²) < 4.78 is 0. The first-order chi connectivity index (χ1) is 11.5. The third kappa shape index (κ3) is 6.28. The molecule has 1 unspecified atom stereocenters. The van der Waals surface area contributed by atoms with Gasteiger partial charge in [-0.2, -0.15) is 0 Å². The fourth-order valence-electron chi connectivity index (χ4n) is 2.06. The van der Waals surface area contributed by atoms with Crippen LogP contribution in [0.15, 0.2) is 49.6 Å². The highest BCUT2D eigenvalue weighted by atomic mass is 16.2. The van der Waals surface area contributed by atoms with E-state index in [0.29, 0.717) is 18.7 Å². The van der Waals surface area contributed by atoms with Crippen LogP contribution in [0.5, 0.6) is 0 Å². The molecule has 0 fully saturated rings. The zero-order chi connectivity index (χ0) is 17.9. The monoisotopic (exact) mass is 329 g/mol. The Kier molecular flexibility index (Phi) is 8.33. The largest absolute Gasteiger partial charge is 0.376 e. The number of amides is 2. The quantitative estimate of drug-likeness (QED) is 0.649. The van der Waals surface area contributed by atoms with Gasteiger partial charge in [0.1, 0.15) is 0 Å². The number of hydrogen-bond acceptors (Lipinski definition) is 3. The SMILES string of the molecule is C=CCN(CC=C)C(=O)CNc1cccc(C(=O)NC(C)CC)c1. The van der Waals surface area contributed by atoms with Crippen molar-refractivity contribution in [1.82, 2.24) is 10.2 Å². The maximum Gasteiger partial charge on any atom is 0.251 e. The molecule has 130 valence electrons. The van der Waals surface area contributed by atoms with E-state index in [2.05, 4.69) is 23.8 Å². The first-order valence-electron chi connectivity index (χ1n) is 8.16. The van der Waals surface area contributed by atoms with Crippen molar-refractivity contribution in [2.24, 2.45) is 0 Å². The molecule has 0 heterocycles. The molecule has 0 saturated heterocycles. The van der Waals surface area contributed by atoms with E-state index < -0.39 is 0 Å². The Labute approximate surface area is 144 Å². The van der Waals surface area contributed by atoms with Crippen molar-refractivity contribution in [3.8, 4) is 0 Å². The summed E-state index contributed by atoms with van der Waals surface area (Å²) in [5.41, 5.74) is 1.30. The number of rotatable bonds is 10. The molecule has 1 atom stereocenters. The van der Waals surface area contributed by atoms with Gasteiger partial charge in [0.25, 0.3) is 5.91 Å². The van der Waals surface area contributed by atoms with Crippen LogP contribution in [0.3, 0.4) is 0 Å². The summed E-state index contributed by atoms with van der Waals surface area (Å²) in [5.74, 6) is -0.163. The summed E-state index contributed by atoms with van der Waals surface area (Å²) in [6.45, 7) is 12.4. The minimum Gasteiger partial charge on any atom is -0.376 e. The van der Waals surface area contributed by atoms with E-state index in [1.54, 1.807) is 35.3 Å². The summed E-state index contributed by atoms with van der Waals surface area (Å²) in [4.78, 5) is 26.0. The topological polar surface area (TPSA) is 61.4 Å². The molecular weight excluding hydrogens is 302 g/mol. The third-order valence-electron chi connectivity index (χ3n) is 3.61. The van der Waals surface area contributed by atoms with Gasteiger partial charge in [0.15, 0.2) is 0 Å². The van der Waals surface area contributed by atoms with Crippen molar-refractivity contribution in [3.05, 3.63) is 55.1 Å². The maximum atomic E-state index is 12.2. The van der Waals surface area contributed by atoms with Crippen LogP contribution >= 0.6 is 0 Å². The van der Waals surface area contributed by atoms with Crippen molar-refractivity contribution in [3.63, 3.8) is 0 Å². The molecular formula is C19H27N3O2. The van der Waals surface area contributed by atoms with Gasteiger partial charge in [-0.05, 0) is 31.5 Å². The molecule has 0 spiro atoms. The minimum absolute atomic E-state index is 0.0516. The molecule has 0 aliphatic carbocycles. The summed E-state index contributed by atoms with van der Waals surface area (Å²) in [6.07, 6.45) is 4.24. The normalized spacial score (nSPS) is 11.2. The smallest absolute Gasteiger partial charge is 0.251 e. The fourth-order valence-corrected chi connectivity index (χ4v) is 2.06. The van der Waals surface area contributed by atoms with Crippen molar-refractivity contribution < 1.29 is 9.59 Å². The van der Waals surface area contributed by atoms with E-state index in [0.717, 1.165) is 12.1 Å². The van der Waals surface area contributed by atoms with E-state index in [-0.39, 0.29) is 24.4 Å². The zero-order valence-corrected chi connectivity index (χ0v) is 14.5. The minimum atomic E-state index is -0.112. The van der Waals surface area contributed by atoms with Crippen molar-refractivity contribution in [2.45, 2.75) is 26.3 Å². The van der Waals surface area contributed by atoms with Gasteiger partial charge in [-0.3, -0.25) is 9.59 Å². The van der Waals surface area contributed by atoms with Crippen LogP contribution in [0.4, 0.5) is 5.69 Å². The van der Waals surface area contributed by atoms with Gasteiger partial charge in [0.05, 0.1) is 6.54 Å². The summed E-state index contributed by atoms with van der Waals surface area (Å²) >= 11 is 0. The van der Waals surface area contributed by atoms with E-state index in [9.17, 15) is 9.59 Å². The van der Waals surface area contributed by atoms with Crippen LogP contribution in [-0.4, -0.2) is 42.4 Å². The fraction of sp³-hybridized carbons (Fsp3) is 0.368. The second-order valence-corrected chi connectivity index (χ2v) is 5.59. The van der Waals surface area contributed by atoms with Gasteiger partial charge < -0.3 is 15.5 Å². The number of benzene rings is 1. The molecule has 0 radical (unpaired) electrons. The first kappa shape index (κ1) is 19.5. The molecule has 5 heteroatoms. The van der Waals surface area contributed by atoms with Crippen molar-refractivity contribution in [1.29, 1.82) is 0 Å². The Bertz CT molecular complexity index is 574. The maximum absolute atomic E-state index is 12.2. The Hall–Kier alpha value is -2.56. The van der Waals surface area contributed by atoms with E-state index in [1.807, 2.05) is 19.9 Å². The van der Waals surface area contributed by atoms with Crippen LogP contribution in [0.1, 0.15) is 30.6 Å². The molecule has 1 rings (SSSR count). The van der Waals surface area contributed by atoms with Crippen LogP contribution in [0.25, 0.3) is 0 Å². The molecule has 0 aliphatic heterocycles. The molecule has 5 nitrogen and oxygen atoms in total. The molecule has 1 aromatic carbocycles. The first-order valence-corrected chi connectivity index (χ1v) is 8.16. The highest BCUT2D eigenvalue weighted by Crippen LogP contribution is 2.11. The predicted molar refractivity (Wildman–Crippen MR) is 99.1 cm³/mol. The number of hydrogen-bond donors (Lipinski definition) is 2. The van der Waals surface area contributed by atoms with Crippen LogP contribution in [-0.2, 0) is 4.79 Å².